The van der Waals surface area contributed by atoms with Crippen molar-refractivity contribution in [3.05, 3.63) is 47.7 Å². The van der Waals surface area contributed by atoms with E-state index < -0.39 is 6.04 Å². The van der Waals surface area contributed by atoms with Gasteiger partial charge in [-0.2, -0.15) is 0 Å². The molecule has 2 aromatic heterocycles. The number of nitrogens with one attached hydrogen (secondary N) is 2. The van der Waals surface area contributed by atoms with E-state index in [-0.39, 0.29) is 36.8 Å². The standard InChI is InChI=1S/C18H22N6O.2ClH/c1-11(17-23-22-16-7-4-8-24(16)17)21-18(25)14(19)9-12-10-20-15-6-3-2-5-13(12)15;;/h2-3,5-6,10-11,14,20H,4,7-9,19H2,1H3,(H,21,25);2*1H/t11?,14-;;/m0../s1. The summed E-state index contributed by atoms with van der Waals surface area (Å²) in [5.74, 6) is 1.63. The molecule has 1 aliphatic heterocycles. The monoisotopic (exact) mass is 410 g/mol. The SMILES string of the molecule is CC(NC(=O)[C@@H](N)Cc1c[nH]c2ccccc12)c1nnc2n1CCC2.Cl.Cl. The van der Waals surface area contributed by atoms with Gasteiger partial charge in [-0.15, -0.1) is 35.0 Å². The second-order valence-corrected chi connectivity index (χ2v) is 6.63. The molecule has 3 aromatic rings. The second-order valence-electron chi connectivity index (χ2n) is 6.63. The summed E-state index contributed by atoms with van der Waals surface area (Å²) < 4.78 is 2.09. The molecule has 9 heteroatoms. The third kappa shape index (κ3) is 4.10. The number of amides is 1. The van der Waals surface area contributed by atoms with Crippen LogP contribution in [0, 0.1) is 0 Å². The third-order valence-electron chi connectivity index (χ3n) is 4.84. The van der Waals surface area contributed by atoms with Crippen molar-refractivity contribution in [2.24, 2.45) is 5.73 Å². The smallest absolute Gasteiger partial charge is 0.237 e. The highest BCUT2D eigenvalue weighted by molar-refractivity contribution is 5.86. The summed E-state index contributed by atoms with van der Waals surface area (Å²) in [5.41, 5.74) is 8.25. The summed E-state index contributed by atoms with van der Waals surface area (Å²) in [6.45, 7) is 2.84. The van der Waals surface area contributed by atoms with Gasteiger partial charge in [0.05, 0.1) is 12.1 Å². The van der Waals surface area contributed by atoms with Gasteiger partial charge < -0.3 is 20.6 Å². The van der Waals surface area contributed by atoms with E-state index >= 15 is 0 Å². The Labute approximate surface area is 169 Å². The van der Waals surface area contributed by atoms with Crippen LogP contribution in [-0.2, 0) is 24.2 Å². The van der Waals surface area contributed by atoms with Gasteiger partial charge in [0.15, 0.2) is 5.82 Å². The van der Waals surface area contributed by atoms with Gasteiger partial charge in [0.25, 0.3) is 0 Å². The maximum absolute atomic E-state index is 12.5. The highest BCUT2D eigenvalue weighted by Gasteiger charge is 2.24. The number of hydrogen-bond donors (Lipinski definition) is 3. The maximum atomic E-state index is 12.5. The third-order valence-corrected chi connectivity index (χ3v) is 4.84. The zero-order valence-electron chi connectivity index (χ0n) is 15.0. The molecule has 7 nitrogen and oxygen atoms in total. The van der Waals surface area contributed by atoms with E-state index in [4.69, 9.17) is 5.73 Å². The van der Waals surface area contributed by atoms with Crippen LogP contribution in [-0.4, -0.2) is 31.7 Å². The first-order valence-electron chi connectivity index (χ1n) is 8.66. The molecule has 1 unspecified atom stereocenters. The van der Waals surface area contributed by atoms with Crippen LogP contribution >= 0.6 is 24.8 Å². The van der Waals surface area contributed by atoms with Crippen LogP contribution in [0.2, 0.25) is 0 Å². The topological polar surface area (TPSA) is 102 Å². The number of carbonyl (C=O) groups excluding carboxylic acids is 1. The molecule has 4 N–H and O–H groups in total. The van der Waals surface area contributed by atoms with E-state index in [2.05, 4.69) is 25.1 Å². The molecule has 1 amide bonds. The lowest BCUT2D eigenvalue weighted by molar-refractivity contribution is -0.123. The van der Waals surface area contributed by atoms with Crippen LogP contribution in [0.15, 0.2) is 30.5 Å². The average Bonchev–Trinajstić information content (AvgIpc) is 3.30. The Kier molecular flexibility index (Phi) is 6.86. The van der Waals surface area contributed by atoms with Gasteiger partial charge in [-0.1, -0.05) is 18.2 Å². The number of H-pyrrole nitrogens is 1. The Balaban J connectivity index is 0.00000131. The summed E-state index contributed by atoms with van der Waals surface area (Å²) in [7, 11) is 0. The molecule has 3 heterocycles. The Morgan fingerprint density at radius 2 is 2.11 bits per heavy atom. The zero-order valence-corrected chi connectivity index (χ0v) is 16.6. The quantitative estimate of drug-likeness (QED) is 0.600. The number of para-hydroxylation sites is 1. The second kappa shape index (κ2) is 8.73. The zero-order chi connectivity index (χ0) is 17.4. The number of aryl methyl sites for hydroxylation is 1. The van der Waals surface area contributed by atoms with Gasteiger partial charge >= 0.3 is 0 Å². The van der Waals surface area contributed by atoms with E-state index in [1.165, 1.54) is 0 Å². The molecule has 0 saturated heterocycles. The number of hydrogen-bond acceptors (Lipinski definition) is 4. The molecule has 0 saturated carbocycles. The molecule has 1 aliphatic rings. The molecule has 146 valence electrons. The largest absolute Gasteiger partial charge is 0.361 e. The highest BCUT2D eigenvalue weighted by atomic mass is 35.5. The minimum atomic E-state index is -0.609. The number of carbonyl (C=O) groups is 1. The van der Waals surface area contributed by atoms with Crippen LogP contribution in [0.3, 0.4) is 0 Å². The predicted octanol–water partition coefficient (Wildman–Crippen LogP) is 2.30. The normalized spacial score (nSPS) is 14.7. The lowest BCUT2D eigenvalue weighted by atomic mass is 10.0. The van der Waals surface area contributed by atoms with Crippen molar-refractivity contribution in [2.75, 3.05) is 0 Å². The van der Waals surface area contributed by atoms with E-state index in [9.17, 15) is 4.79 Å². The lowest BCUT2D eigenvalue weighted by Crippen LogP contribution is -2.43. The van der Waals surface area contributed by atoms with E-state index in [0.29, 0.717) is 6.42 Å². The molecule has 0 aliphatic carbocycles. The molecule has 27 heavy (non-hydrogen) atoms. The number of aromatic amines is 1. The van der Waals surface area contributed by atoms with Crippen molar-refractivity contribution in [2.45, 2.75) is 44.8 Å². The summed E-state index contributed by atoms with van der Waals surface area (Å²) in [6.07, 6.45) is 4.44. The molecule has 2 atom stereocenters. The fourth-order valence-electron chi connectivity index (χ4n) is 3.51. The van der Waals surface area contributed by atoms with Crippen molar-refractivity contribution in [1.29, 1.82) is 0 Å². The molecule has 0 radical (unpaired) electrons. The fraction of sp³-hybridized carbons (Fsp3) is 0.389. The Morgan fingerprint density at radius 3 is 2.93 bits per heavy atom. The van der Waals surface area contributed by atoms with Crippen molar-refractivity contribution in [3.8, 4) is 0 Å². The molecule has 0 spiro atoms. The fourth-order valence-corrected chi connectivity index (χ4v) is 3.51. The summed E-state index contributed by atoms with van der Waals surface area (Å²) in [5, 5.41) is 12.5. The number of rotatable bonds is 5. The minimum Gasteiger partial charge on any atom is -0.361 e. The van der Waals surface area contributed by atoms with Gasteiger partial charge in [0, 0.05) is 30.1 Å². The van der Waals surface area contributed by atoms with Crippen molar-refractivity contribution < 1.29 is 4.79 Å². The summed E-state index contributed by atoms with van der Waals surface area (Å²) in [6, 6.07) is 7.20. The van der Waals surface area contributed by atoms with E-state index in [1.807, 2.05) is 37.4 Å². The molecule has 0 bridgehead atoms. The number of nitrogens with two attached hydrogens (primary N) is 1. The number of fused-ring (bicyclic) bond motifs is 2. The van der Waals surface area contributed by atoms with Crippen LogP contribution in [0.5, 0.6) is 0 Å². The van der Waals surface area contributed by atoms with Crippen molar-refractivity contribution in [3.63, 3.8) is 0 Å². The maximum Gasteiger partial charge on any atom is 0.237 e. The Bertz CT molecular complexity index is 922. The molecule has 0 fully saturated rings. The lowest BCUT2D eigenvalue weighted by Gasteiger charge is -2.17. The van der Waals surface area contributed by atoms with Crippen molar-refractivity contribution >= 4 is 41.6 Å². The Morgan fingerprint density at radius 1 is 1.33 bits per heavy atom. The minimum absolute atomic E-state index is 0. The Hall–Kier alpha value is -2.09. The number of halogens is 2. The van der Waals surface area contributed by atoms with Gasteiger partial charge in [-0.25, -0.2) is 0 Å². The predicted molar refractivity (Wildman–Crippen MR) is 109 cm³/mol. The van der Waals surface area contributed by atoms with Gasteiger partial charge in [0.2, 0.25) is 5.91 Å². The average molecular weight is 411 g/mol. The van der Waals surface area contributed by atoms with E-state index in [0.717, 1.165) is 47.5 Å². The van der Waals surface area contributed by atoms with Crippen LogP contribution in [0.1, 0.15) is 36.6 Å². The first-order chi connectivity index (χ1) is 12.1. The first-order valence-corrected chi connectivity index (χ1v) is 8.66. The molecule has 4 rings (SSSR count). The van der Waals surface area contributed by atoms with Crippen LogP contribution < -0.4 is 11.1 Å². The van der Waals surface area contributed by atoms with Gasteiger partial charge in [-0.05, 0) is 31.4 Å². The van der Waals surface area contributed by atoms with E-state index in [1.54, 1.807) is 0 Å². The summed E-state index contributed by atoms with van der Waals surface area (Å²) in [4.78, 5) is 15.7. The number of benzene rings is 1. The number of nitrogens with zero attached hydrogens (tertiary/aromatic N) is 3. The van der Waals surface area contributed by atoms with Gasteiger partial charge in [-0.3, -0.25) is 4.79 Å². The summed E-state index contributed by atoms with van der Waals surface area (Å²) >= 11 is 0. The highest BCUT2D eigenvalue weighted by Crippen LogP contribution is 2.20. The van der Waals surface area contributed by atoms with Crippen LogP contribution in [0.25, 0.3) is 10.9 Å². The van der Waals surface area contributed by atoms with Crippen molar-refractivity contribution in [1.82, 2.24) is 25.1 Å². The van der Waals surface area contributed by atoms with Crippen LogP contribution in [0.4, 0.5) is 0 Å². The van der Waals surface area contributed by atoms with Gasteiger partial charge in [0.1, 0.15) is 5.82 Å². The molecule has 1 aromatic carbocycles. The molecular formula is C18H24Cl2N6O. The number of aromatic nitrogens is 4. The molecular weight excluding hydrogens is 387 g/mol. The first kappa shape index (κ1) is 21.2.